The molecule has 2 aliphatic rings. The number of esters is 1. The predicted octanol–water partition coefficient (Wildman–Crippen LogP) is 4.26. The van der Waals surface area contributed by atoms with Gasteiger partial charge in [-0.2, -0.15) is 0 Å². The summed E-state index contributed by atoms with van der Waals surface area (Å²) < 4.78 is 27.7. The summed E-state index contributed by atoms with van der Waals surface area (Å²) in [5.41, 5.74) is 0.307. The monoisotopic (exact) mass is 449 g/mol. The first-order valence-corrected chi connectivity index (χ1v) is 11.2. The molecule has 0 aromatic heterocycles. The first-order chi connectivity index (χ1) is 15.2. The molecular formula is C24H35NO7. The van der Waals surface area contributed by atoms with E-state index in [9.17, 15) is 9.59 Å². The average Bonchev–Trinajstić information content (AvgIpc) is 3.36. The van der Waals surface area contributed by atoms with Crippen LogP contribution in [0.3, 0.4) is 0 Å². The molecule has 1 aromatic carbocycles. The molecule has 2 heterocycles. The quantitative estimate of drug-likeness (QED) is 0.433. The van der Waals surface area contributed by atoms with Gasteiger partial charge in [-0.3, -0.25) is 9.69 Å². The third-order valence-corrected chi connectivity index (χ3v) is 5.70. The largest absolute Gasteiger partial charge is 0.493 e. The number of ether oxygens (including phenoxy) is 5. The van der Waals surface area contributed by atoms with E-state index in [-0.39, 0.29) is 24.2 Å². The molecule has 8 nitrogen and oxygen atoms in total. The minimum Gasteiger partial charge on any atom is -0.493 e. The normalized spacial score (nSPS) is 23.2. The minimum absolute atomic E-state index is 0.207. The summed E-state index contributed by atoms with van der Waals surface area (Å²) in [7, 11) is 3.26. The summed E-state index contributed by atoms with van der Waals surface area (Å²) in [5, 5.41) is 0. The molecular weight excluding hydrogens is 414 g/mol. The lowest BCUT2D eigenvalue weighted by atomic mass is 10.0. The lowest BCUT2D eigenvalue weighted by Crippen LogP contribution is -2.46. The highest BCUT2D eigenvalue weighted by Gasteiger charge is 2.46. The highest BCUT2D eigenvalue weighted by molar-refractivity contribution is 5.73. The van der Waals surface area contributed by atoms with Crippen LogP contribution in [0.4, 0.5) is 4.79 Å². The zero-order valence-electron chi connectivity index (χ0n) is 19.7. The summed E-state index contributed by atoms with van der Waals surface area (Å²) >= 11 is 0. The van der Waals surface area contributed by atoms with E-state index in [4.69, 9.17) is 23.7 Å². The topological polar surface area (TPSA) is 83.5 Å². The van der Waals surface area contributed by atoms with Gasteiger partial charge >= 0.3 is 12.1 Å². The van der Waals surface area contributed by atoms with E-state index in [0.29, 0.717) is 37.6 Å². The maximum Gasteiger partial charge on any atom is 0.411 e. The Labute approximate surface area is 190 Å². The molecule has 0 saturated carbocycles. The number of carbonyl (C=O) groups is 2. The van der Waals surface area contributed by atoms with Crippen LogP contribution in [-0.2, 0) is 19.0 Å². The van der Waals surface area contributed by atoms with Gasteiger partial charge in [0.05, 0.1) is 25.8 Å². The van der Waals surface area contributed by atoms with Crippen molar-refractivity contribution in [3.05, 3.63) is 23.8 Å². The average molecular weight is 450 g/mol. The zero-order valence-corrected chi connectivity index (χ0v) is 19.7. The van der Waals surface area contributed by atoms with Gasteiger partial charge in [-0.1, -0.05) is 6.07 Å². The van der Waals surface area contributed by atoms with Gasteiger partial charge in [0.25, 0.3) is 0 Å². The molecule has 0 aliphatic carbocycles. The van der Waals surface area contributed by atoms with Crippen molar-refractivity contribution in [2.75, 3.05) is 27.4 Å². The van der Waals surface area contributed by atoms with Crippen molar-refractivity contribution < 1.29 is 33.3 Å². The molecule has 32 heavy (non-hydrogen) atoms. The number of rotatable bonds is 8. The maximum absolute atomic E-state index is 13.2. The fourth-order valence-electron chi connectivity index (χ4n) is 4.32. The van der Waals surface area contributed by atoms with Crippen molar-refractivity contribution in [2.24, 2.45) is 0 Å². The van der Waals surface area contributed by atoms with Crippen molar-refractivity contribution in [1.29, 1.82) is 0 Å². The van der Waals surface area contributed by atoms with Crippen LogP contribution in [0.1, 0.15) is 64.5 Å². The third-order valence-electron chi connectivity index (χ3n) is 5.70. The van der Waals surface area contributed by atoms with Crippen LogP contribution in [0.2, 0.25) is 0 Å². The van der Waals surface area contributed by atoms with Gasteiger partial charge in [-0.05, 0) is 57.7 Å². The Balaban J connectivity index is 1.86. The summed E-state index contributed by atoms with van der Waals surface area (Å²) in [6.45, 7) is 6.65. The van der Waals surface area contributed by atoms with Crippen LogP contribution in [0.25, 0.3) is 0 Å². The Morgan fingerprint density at radius 1 is 1.12 bits per heavy atom. The van der Waals surface area contributed by atoms with Crippen molar-refractivity contribution >= 4 is 12.1 Å². The van der Waals surface area contributed by atoms with Gasteiger partial charge in [-0.15, -0.1) is 0 Å². The highest BCUT2D eigenvalue weighted by Crippen LogP contribution is 2.43. The Morgan fingerprint density at radius 3 is 2.53 bits per heavy atom. The van der Waals surface area contributed by atoms with E-state index in [0.717, 1.165) is 24.8 Å². The van der Waals surface area contributed by atoms with Crippen LogP contribution in [0.15, 0.2) is 18.2 Å². The molecule has 0 radical (unpaired) electrons. The van der Waals surface area contributed by atoms with Crippen LogP contribution < -0.4 is 9.47 Å². The molecule has 2 fully saturated rings. The Hall–Kier alpha value is -2.48. The molecule has 1 aromatic rings. The predicted molar refractivity (Wildman–Crippen MR) is 118 cm³/mol. The summed E-state index contributed by atoms with van der Waals surface area (Å²) in [6.07, 6.45) is 2.54. The number of methoxy groups -OCH3 is 2. The number of benzene rings is 1. The lowest BCUT2D eigenvalue weighted by Gasteiger charge is -2.34. The van der Waals surface area contributed by atoms with E-state index in [1.165, 1.54) is 0 Å². The number of cyclic esters (lactones) is 1. The van der Waals surface area contributed by atoms with Crippen molar-refractivity contribution in [1.82, 2.24) is 4.90 Å². The van der Waals surface area contributed by atoms with Gasteiger partial charge in [0.2, 0.25) is 0 Å². The van der Waals surface area contributed by atoms with E-state index in [1.807, 2.05) is 39.0 Å². The lowest BCUT2D eigenvalue weighted by molar-refractivity contribution is -0.143. The van der Waals surface area contributed by atoms with Crippen LogP contribution in [0, 0.1) is 0 Å². The molecule has 3 atom stereocenters. The number of hydrogen-bond acceptors (Lipinski definition) is 7. The van der Waals surface area contributed by atoms with E-state index in [2.05, 4.69) is 0 Å². The minimum atomic E-state index is -0.628. The summed E-state index contributed by atoms with van der Waals surface area (Å²) in [5.74, 6) is 1.05. The molecule has 0 N–H and O–H groups in total. The molecule has 3 rings (SSSR count). The van der Waals surface area contributed by atoms with Crippen LogP contribution in [-0.4, -0.2) is 62.1 Å². The fourth-order valence-corrected chi connectivity index (χ4v) is 4.32. The van der Waals surface area contributed by atoms with Gasteiger partial charge in [0.15, 0.2) is 11.5 Å². The molecule has 178 valence electrons. The third kappa shape index (κ3) is 5.85. The van der Waals surface area contributed by atoms with Gasteiger partial charge < -0.3 is 23.7 Å². The number of nitrogens with zero attached hydrogens (tertiary/aromatic N) is 1. The first kappa shape index (κ1) is 24.2. The summed E-state index contributed by atoms with van der Waals surface area (Å²) in [6, 6.07) is 5.32. The van der Waals surface area contributed by atoms with Crippen LogP contribution in [0.5, 0.6) is 11.5 Å². The first-order valence-electron chi connectivity index (χ1n) is 11.2. The van der Waals surface area contributed by atoms with Crippen LogP contribution >= 0.6 is 0 Å². The molecule has 2 saturated heterocycles. The Bertz CT molecular complexity index is 804. The van der Waals surface area contributed by atoms with E-state index in [1.54, 1.807) is 19.1 Å². The Morgan fingerprint density at radius 2 is 1.91 bits per heavy atom. The molecule has 0 bridgehead atoms. The van der Waals surface area contributed by atoms with Crippen molar-refractivity contribution in [3.63, 3.8) is 0 Å². The fraction of sp³-hybridized carbons (Fsp3) is 0.667. The summed E-state index contributed by atoms with van der Waals surface area (Å²) in [4.78, 5) is 26.7. The van der Waals surface area contributed by atoms with E-state index >= 15 is 0 Å². The standard InChI is InChI=1S/C24H35NO7/c1-24(2,3)32-23(27)25-17(8-9-18(25)19-11-12-22(26)31-19)16-7-10-20(29-5)21(15-16)30-14-6-13-28-4/h7,10,15,17-19H,6,8-9,11-14H2,1-5H3. The molecule has 2 aliphatic heterocycles. The van der Waals surface area contributed by atoms with Gasteiger partial charge in [0, 0.05) is 26.6 Å². The van der Waals surface area contributed by atoms with Gasteiger partial charge in [-0.25, -0.2) is 4.79 Å². The molecule has 0 spiro atoms. The number of hydrogen-bond donors (Lipinski definition) is 0. The molecule has 3 unspecified atom stereocenters. The molecule has 8 heteroatoms. The Kier molecular flexibility index (Phi) is 7.87. The van der Waals surface area contributed by atoms with Gasteiger partial charge in [0.1, 0.15) is 11.7 Å². The van der Waals surface area contributed by atoms with E-state index < -0.39 is 11.7 Å². The van der Waals surface area contributed by atoms with Crippen molar-refractivity contribution in [3.8, 4) is 11.5 Å². The second-order valence-electron chi connectivity index (χ2n) is 9.22. The highest BCUT2D eigenvalue weighted by atomic mass is 16.6. The second-order valence-corrected chi connectivity index (χ2v) is 9.22. The second kappa shape index (κ2) is 10.4. The zero-order chi connectivity index (χ0) is 23.3. The molecule has 1 amide bonds. The maximum atomic E-state index is 13.2. The van der Waals surface area contributed by atoms with Crippen molar-refractivity contribution in [2.45, 2.75) is 76.7 Å². The smallest absolute Gasteiger partial charge is 0.411 e. The number of likely N-dealkylation sites (tertiary alicyclic amines) is 1. The number of amides is 1. The SMILES string of the molecule is COCCCOc1cc(C2CCC(C3CCC(=O)O3)N2C(=O)OC(C)(C)C)ccc1OC. The number of carbonyl (C=O) groups excluding carboxylic acids is 2.